The fourth-order valence-electron chi connectivity index (χ4n) is 3.13. The van der Waals surface area contributed by atoms with Gasteiger partial charge < -0.3 is 19.1 Å². The van der Waals surface area contributed by atoms with Gasteiger partial charge in [0.2, 0.25) is 5.91 Å². The van der Waals surface area contributed by atoms with Gasteiger partial charge in [-0.25, -0.2) is 0 Å². The zero-order chi connectivity index (χ0) is 17.4. The number of anilines is 1. The molecule has 130 valence electrons. The zero-order valence-corrected chi connectivity index (χ0v) is 13.8. The summed E-state index contributed by atoms with van der Waals surface area (Å²) in [4.78, 5) is 32.5. The lowest BCUT2D eigenvalue weighted by atomic mass is 10.1. The van der Waals surface area contributed by atoms with Crippen molar-refractivity contribution in [3.8, 4) is 0 Å². The van der Waals surface area contributed by atoms with Crippen LogP contribution in [0.4, 0.5) is 5.69 Å². The van der Waals surface area contributed by atoms with Crippen LogP contribution in [0.1, 0.15) is 41.0 Å². The Morgan fingerprint density at radius 2 is 2.12 bits per heavy atom. The van der Waals surface area contributed by atoms with E-state index >= 15 is 0 Å². The van der Waals surface area contributed by atoms with Crippen molar-refractivity contribution < 1.29 is 18.8 Å². The minimum absolute atomic E-state index is 0.0339. The first-order chi connectivity index (χ1) is 12.1. The maximum absolute atomic E-state index is 12.8. The molecule has 0 N–H and O–H groups in total. The first-order valence-electron chi connectivity index (χ1n) is 8.22. The van der Waals surface area contributed by atoms with Crippen molar-refractivity contribution in [2.45, 2.75) is 25.5 Å². The van der Waals surface area contributed by atoms with Crippen LogP contribution in [0.5, 0.6) is 0 Å². The summed E-state index contributed by atoms with van der Waals surface area (Å²) in [5, 5.41) is 3.94. The van der Waals surface area contributed by atoms with E-state index in [-0.39, 0.29) is 31.0 Å². The van der Waals surface area contributed by atoms with Gasteiger partial charge in [0.15, 0.2) is 5.82 Å². The van der Waals surface area contributed by atoms with E-state index in [0.29, 0.717) is 29.6 Å². The molecule has 0 saturated carbocycles. The van der Waals surface area contributed by atoms with E-state index in [0.717, 1.165) is 12.8 Å². The largest absolute Gasteiger partial charge is 0.368 e. The topological polar surface area (TPSA) is 88.8 Å². The highest BCUT2D eigenvalue weighted by atomic mass is 16.5. The van der Waals surface area contributed by atoms with E-state index < -0.39 is 0 Å². The number of rotatable bonds is 3. The van der Waals surface area contributed by atoms with Crippen LogP contribution in [0.2, 0.25) is 0 Å². The van der Waals surface area contributed by atoms with Crippen molar-refractivity contribution in [2.75, 3.05) is 25.1 Å². The van der Waals surface area contributed by atoms with Gasteiger partial charge in [-0.1, -0.05) is 17.3 Å². The molecule has 1 fully saturated rings. The van der Waals surface area contributed by atoms with Gasteiger partial charge in [-0.05, 0) is 25.0 Å². The van der Waals surface area contributed by atoms with E-state index in [1.807, 2.05) is 0 Å². The second-order valence-electron chi connectivity index (χ2n) is 6.18. The van der Waals surface area contributed by atoms with E-state index in [9.17, 15) is 9.59 Å². The highest BCUT2D eigenvalue weighted by molar-refractivity contribution is 6.09. The normalized spacial score (nSPS) is 20.8. The molecule has 8 heteroatoms. The molecule has 1 aromatic carbocycles. The van der Waals surface area contributed by atoms with E-state index in [1.165, 1.54) is 9.80 Å². The van der Waals surface area contributed by atoms with Gasteiger partial charge in [-0.15, -0.1) is 0 Å². The molecule has 1 aromatic heterocycles. The van der Waals surface area contributed by atoms with Crippen LogP contribution in [0.15, 0.2) is 28.8 Å². The maximum atomic E-state index is 12.8. The molecule has 0 aliphatic carbocycles. The molecule has 4 rings (SSSR count). The van der Waals surface area contributed by atoms with E-state index in [1.54, 1.807) is 31.3 Å². The minimum Gasteiger partial charge on any atom is -0.368 e. The average Bonchev–Trinajstić information content (AvgIpc) is 3.29. The van der Waals surface area contributed by atoms with Crippen molar-refractivity contribution in [3.05, 3.63) is 41.5 Å². The number of ether oxygens (including phenoxy) is 1. The summed E-state index contributed by atoms with van der Waals surface area (Å²) in [5.74, 6) is 0.408. The summed E-state index contributed by atoms with van der Waals surface area (Å²) < 4.78 is 10.8. The van der Waals surface area contributed by atoms with Crippen molar-refractivity contribution in [1.29, 1.82) is 0 Å². The first kappa shape index (κ1) is 15.8. The minimum atomic E-state index is -0.225. The molecule has 0 bridgehead atoms. The fourth-order valence-corrected chi connectivity index (χ4v) is 3.13. The second-order valence-corrected chi connectivity index (χ2v) is 6.18. The summed E-state index contributed by atoms with van der Waals surface area (Å²) in [6.45, 7) is 0.765. The van der Waals surface area contributed by atoms with Crippen LogP contribution >= 0.6 is 0 Å². The molecule has 1 atom stereocenters. The lowest BCUT2D eigenvalue weighted by Crippen LogP contribution is -2.37. The van der Waals surface area contributed by atoms with E-state index in [4.69, 9.17) is 9.26 Å². The number of hydrogen-bond donors (Lipinski definition) is 0. The molecule has 2 amide bonds. The van der Waals surface area contributed by atoms with Crippen molar-refractivity contribution in [1.82, 2.24) is 15.0 Å². The van der Waals surface area contributed by atoms with Crippen LogP contribution in [-0.4, -0.2) is 47.1 Å². The average molecular weight is 342 g/mol. The Kier molecular flexibility index (Phi) is 3.96. The van der Waals surface area contributed by atoms with Crippen molar-refractivity contribution in [2.24, 2.45) is 0 Å². The molecule has 8 nitrogen and oxygen atoms in total. The summed E-state index contributed by atoms with van der Waals surface area (Å²) in [6, 6.07) is 7.06. The number of likely N-dealkylation sites (N-methyl/N-ethyl adjacent to an activating group) is 1. The number of benzene rings is 1. The third kappa shape index (κ3) is 2.89. The van der Waals surface area contributed by atoms with Gasteiger partial charge in [0, 0.05) is 13.7 Å². The lowest BCUT2D eigenvalue weighted by molar-refractivity contribution is -0.119. The predicted octanol–water partition coefficient (Wildman–Crippen LogP) is 1.54. The smallest absolute Gasteiger partial charge is 0.256 e. The number of fused-ring (bicyclic) bond motifs is 1. The molecule has 0 radical (unpaired) electrons. The fraction of sp³-hybridized carbons (Fsp3) is 0.412. The van der Waals surface area contributed by atoms with Crippen molar-refractivity contribution >= 4 is 17.5 Å². The predicted molar refractivity (Wildman–Crippen MR) is 86.8 cm³/mol. The molecule has 1 saturated heterocycles. The molecule has 25 heavy (non-hydrogen) atoms. The summed E-state index contributed by atoms with van der Waals surface area (Å²) in [5.41, 5.74) is 1.09. The van der Waals surface area contributed by atoms with Crippen LogP contribution in [-0.2, 0) is 16.1 Å². The van der Waals surface area contributed by atoms with E-state index in [2.05, 4.69) is 10.1 Å². The molecule has 0 spiro atoms. The van der Waals surface area contributed by atoms with Crippen LogP contribution < -0.4 is 4.90 Å². The van der Waals surface area contributed by atoms with Gasteiger partial charge in [-0.3, -0.25) is 9.59 Å². The third-order valence-electron chi connectivity index (χ3n) is 4.50. The second kappa shape index (κ2) is 6.29. The number of carbonyl (C=O) groups is 2. The number of hydrogen-bond acceptors (Lipinski definition) is 6. The summed E-state index contributed by atoms with van der Waals surface area (Å²) in [6.07, 6.45) is 1.64. The van der Waals surface area contributed by atoms with Crippen molar-refractivity contribution in [3.63, 3.8) is 0 Å². The number of para-hydroxylation sites is 1. The molecular weight excluding hydrogens is 324 g/mol. The molecule has 2 aliphatic rings. The highest BCUT2D eigenvalue weighted by Crippen LogP contribution is 2.28. The quantitative estimate of drug-likeness (QED) is 0.841. The van der Waals surface area contributed by atoms with Gasteiger partial charge in [0.25, 0.3) is 11.8 Å². The number of carbonyl (C=O) groups excluding carboxylic acids is 2. The Labute approximate surface area is 144 Å². The SMILES string of the molecule is CN1C(=O)CN(Cc2noc(C3CCCO3)n2)C(=O)c2ccccc21. The van der Waals surface area contributed by atoms with Crippen LogP contribution in [0.25, 0.3) is 0 Å². The van der Waals surface area contributed by atoms with Gasteiger partial charge in [-0.2, -0.15) is 4.98 Å². The zero-order valence-electron chi connectivity index (χ0n) is 13.8. The molecule has 1 unspecified atom stereocenters. The Bertz CT molecular complexity index is 812. The Balaban J connectivity index is 1.58. The lowest BCUT2D eigenvalue weighted by Gasteiger charge is -2.18. The molecule has 3 heterocycles. The Hall–Kier alpha value is -2.74. The monoisotopic (exact) mass is 342 g/mol. The van der Waals surface area contributed by atoms with Gasteiger partial charge in [0.1, 0.15) is 12.6 Å². The number of nitrogens with zero attached hydrogens (tertiary/aromatic N) is 4. The standard InChI is InChI=1S/C17H18N4O4/c1-20-12-6-3-2-5-11(12)17(23)21(10-15(20)22)9-14-18-16(25-19-14)13-7-4-8-24-13/h2-3,5-6,13H,4,7-10H2,1H3. The van der Waals surface area contributed by atoms with Gasteiger partial charge in [0.05, 0.1) is 17.8 Å². The Morgan fingerprint density at radius 3 is 2.92 bits per heavy atom. The molecular formula is C17H18N4O4. The number of amides is 2. The maximum Gasteiger partial charge on any atom is 0.256 e. The Morgan fingerprint density at radius 1 is 1.28 bits per heavy atom. The molecule has 2 aromatic rings. The summed E-state index contributed by atoms with van der Waals surface area (Å²) in [7, 11) is 1.67. The first-order valence-corrected chi connectivity index (χ1v) is 8.22. The number of aromatic nitrogens is 2. The molecule has 2 aliphatic heterocycles. The van der Waals surface area contributed by atoms with Crippen LogP contribution in [0, 0.1) is 0 Å². The summed E-state index contributed by atoms with van der Waals surface area (Å²) >= 11 is 0. The highest BCUT2D eigenvalue weighted by Gasteiger charge is 2.31. The van der Waals surface area contributed by atoms with Gasteiger partial charge >= 0.3 is 0 Å². The van der Waals surface area contributed by atoms with Crippen LogP contribution in [0.3, 0.4) is 0 Å². The third-order valence-corrected chi connectivity index (χ3v) is 4.50.